The number of carbonyl (C=O) groups is 2. The number of aryl methyl sites for hydroxylation is 1. The van der Waals surface area contributed by atoms with Crippen LogP contribution in [0.4, 0.5) is 5.69 Å². The number of nitrogens with zero attached hydrogens (tertiary/aromatic N) is 1. The number of carbonyl (C=O) groups excluding carboxylic acids is 2. The molecule has 0 aliphatic carbocycles. The second-order valence-electron chi connectivity index (χ2n) is 7.33. The molecule has 30 heavy (non-hydrogen) atoms. The monoisotopic (exact) mass is 412 g/mol. The van der Waals surface area contributed by atoms with E-state index in [2.05, 4.69) is 5.32 Å². The first-order valence-corrected chi connectivity index (χ1v) is 9.97. The topological polar surface area (TPSA) is 77.1 Å². The Kier molecular flexibility index (Phi) is 6.82. The number of hydrogen-bond acceptors (Lipinski definition) is 5. The van der Waals surface area contributed by atoms with Crippen LogP contribution in [0.15, 0.2) is 36.4 Å². The van der Waals surface area contributed by atoms with Gasteiger partial charge in [-0.05, 0) is 37.6 Å². The van der Waals surface area contributed by atoms with Crippen molar-refractivity contribution in [2.24, 2.45) is 0 Å². The molecule has 2 aromatic rings. The second kappa shape index (κ2) is 9.52. The fourth-order valence-corrected chi connectivity index (χ4v) is 3.51. The Bertz CT molecular complexity index is 928. The smallest absolute Gasteiger partial charge is 0.227 e. The highest BCUT2D eigenvalue weighted by Gasteiger charge is 2.27. The highest BCUT2D eigenvalue weighted by atomic mass is 16.5. The van der Waals surface area contributed by atoms with Gasteiger partial charge in [0.05, 0.1) is 26.5 Å². The molecule has 3 rings (SSSR count). The quantitative estimate of drug-likeness (QED) is 0.756. The number of nitrogens with one attached hydrogen (secondary N) is 1. The number of rotatable bonds is 7. The second-order valence-corrected chi connectivity index (χ2v) is 7.33. The molecule has 1 aliphatic rings. The lowest BCUT2D eigenvalue weighted by atomic mass is 10.1. The number of ether oxygens (including phenoxy) is 3. The van der Waals surface area contributed by atoms with E-state index < -0.39 is 0 Å². The van der Waals surface area contributed by atoms with E-state index in [0.717, 1.165) is 16.8 Å². The van der Waals surface area contributed by atoms with Crippen LogP contribution in [-0.4, -0.2) is 38.7 Å². The van der Waals surface area contributed by atoms with Gasteiger partial charge in [0, 0.05) is 24.9 Å². The van der Waals surface area contributed by atoms with Crippen LogP contribution in [0.1, 0.15) is 30.9 Å². The van der Waals surface area contributed by atoms with Gasteiger partial charge in [-0.15, -0.1) is 0 Å². The number of benzene rings is 2. The van der Waals surface area contributed by atoms with E-state index in [1.54, 1.807) is 25.2 Å². The van der Waals surface area contributed by atoms with E-state index in [0.29, 0.717) is 30.3 Å². The molecular formula is C23H28N2O5. The summed E-state index contributed by atoms with van der Waals surface area (Å²) in [6, 6.07) is 11.3. The summed E-state index contributed by atoms with van der Waals surface area (Å²) >= 11 is 0. The average Bonchev–Trinajstić information content (AvgIpc) is 2.75. The molecule has 7 nitrogen and oxygen atoms in total. The van der Waals surface area contributed by atoms with E-state index in [-0.39, 0.29) is 30.8 Å². The van der Waals surface area contributed by atoms with E-state index in [9.17, 15) is 9.59 Å². The molecule has 0 saturated carbocycles. The summed E-state index contributed by atoms with van der Waals surface area (Å²) in [6.07, 6.45) is 0.137. The molecule has 7 heteroatoms. The van der Waals surface area contributed by atoms with Crippen molar-refractivity contribution in [1.29, 1.82) is 0 Å². The Labute approximate surface area is 176 Å². The van der Waals surface area contributed by atoms with Crippen molar-refractivity contribution in [1.82, 2.24) is 5.32 Å². The Morgan fingerprint density at radius 1 is 1.17 bits per heavy atom. The molecule has 0 unspecified atom stereocenters. The van der Waals surface area contributed by atoms with E-state index >= 15 is 0 Å². The first kappa shape index (κ1) is 21.5. The van der Waals surface area contributed by atoms with Crippen LogP contribution >= 0.6 is 0 Å². The van der Waals surface area contributed by atoms with Gasteiger partial charge in [0.25, 0.3) is 0 Å². The zero-order valence-electron chi connectivity index (χ0n) is 17.9. The number of para-hydroxylation sites is 1. The van der Waals surface area contributed by atoms with Gasteiger partial charge in [-0.25, -0.2) is 0 Å². The Morgan fingerprint density at radius 3 is 2.70 bits per heavy atom. The molecular weight excluding hydrogens is 384 g/mol. The number of fused-ring (bicyclic) bond motifs is 1. The van der Waals surface area contributed by atoms with Crippen molar-refractivity contribution in [3.63, 3.8) is 0 Å². The summed E-state index contributed by atoms with van der Waals surface area (Å²) in [5.74, 6) is 1.60. The summed E-state index contributed by atoms with van der Waals surface area (Å²) in [5.41, 5.74) is 2.62. The Morgan fingerprint density at radius 2 is 1.97 bits per heavy atom. The molecule has 160 valence electrons. The van der Waals surface area contributed by atoms with Crippen LogP contribution in [0.5, 0.6) is 17.2 Å². The minimum atomic E-state index is -0.195. The zero-order valence-corrected chi connectivity index (χ0v) is 17.9. The summed E-state index contributed by atoms with van der Waals surface area (Å²) in [6.45, 7) is 4.67. The van der Waals surface area contributed by atoms with Gasteiger partial charge in [0.15, 0.2) is 11.5 Å². The third kappa shape index (κ3) is 4.84. The van der Waals surface area contributed by atoms with E-state index in [4.69, 9.17) is 14.2 Å². The molecule has 2 amide bonds. The minimum absolute atomic E-state index is 0.0916. The number of hydrogen-bond donors (Lipinski definition) is 1. The van der Waals surface area contributed by atoms with Gasteiger partial charge >= 0.3 is 0 Å². The summed E-state index contributed by atoms with van der Waals surface area (Å²) < 4.78 is 16.5. The van der Waals surface area contributed by atoms with Crippen LogP contribution in [0.25, 0.3) is 0 Å². The van der Waals surface area contributed by atoms with E-state index in [1.807, 2.05) is 44.2 Å². The molecule has 0 aromatic heterocycles. The molecule has 0 fully saturated rings. The van der Waals surface area contributed by atoms with Crippen LogP contribution in [-0.2, 0) is 16.1 Å². The first-order valence-electron chi connectivity index (χ1n) is 9.97. The third-order valence-corrected chi connectivity index (χ3v) is 5.00. The molecule has 1 atom stereocenters. The van der Waals surface area contributed by atoms with Gasteiger partial charge in [0.1, 0.15) is 11.9 Å². The predicted molar refractivity (Wildman–Crippen MR) is 114 cm³/mol. The fraction of sp³-hybridized carbons (Fsp3) is 0.391. The van der Waals surface area contributed by atoms with Gasteiger partial charge in [-0.2, -0.15) is 0 Å². The van der Waals surface area contributed by atoms with Gasteiger partial charge < -0.3 is 24.4 Å². The Balaban J connectivity index is 1.58. The van der Waals surface area contributed by atoms with Gasteiger partial charge in [-0.1, -0.05) is 18.2 Å². The Hall–Kier alpha value is -3.22. The highest BCUT2D eigenvalue weighted by Crippen LogP contribution is 2.34. The van der Waals surface area contributed by atoms with Gasteiger partial charge in [0.2, 0.25) is 11.8 Å². The maximum Gasteiger partial charge on any atom is 0.227 e. The number of anilines is 1. The van der Waals surface area contributed by atoms with Crippen molar-refractivity contribution in [2.75, 3.05) is 25.7 Å². The maximum atomic E-state index is 12.8. The molecule has 1 aliphatic heterocycles. The largest absolute Gasteiger partial charge is 0.493 e. The number of amides is 2. The van der Waals surface area contributed by atoms with Crippen molar-refractivity contribution >= 4 is 17.5 Å². The average molecular weight is 412 g/mol. The minimum Gasteiger partial charge on any atom is -0.493 e. The summed E-state index contributed by atoms with van der Waals surface area (Å²) in [5, 5.41) is 2.85. The molecule has 2 aromatic carbocycles. The molecule has 1 N–H and O–H groups in total. The molecule has 0 spiro atoms. The lowest BCUT2D eigenvalue weighted by Gasteiger charge is -2.33. The van der Waals surface area contributed by atoms with Crippen LogP contribution in [0, 0.1) is 6.92 Å². The maximum absolute atomic E-state index is 12.8. The summed E-state index contributed by atoms with van der Waals surface area (Å²) in [4.78, 5) is 26.9. The van der Waals surface area contributed by atoms with Crippen molar-refractivity contribution in [3.05, 3.63) is 47.5 Å². The zero-order chi connectivity index (χ0) is 21.7. The standard InChI is InChI=1S/C23H28N2O5/c1-15-8-9-19-18(12-15)25(14-16(2)30-19)22(27)11-10-21(26)24-13-17-6-5-7-20(28-3)23(17)29-4/h5-9,12,16H,10-11,13-14H2,1-4H3,(H,24,26)/t16-/m0/s1. The number of methoxy groups -OCH3 is 2. The van der Waals surface area contributed by atoms with Crippen LogP contribution in [0.3, 0.4) is 0 Å². The lowest BCUT2D eigenvalue weighted by Crippen LogP contribution is -2.42. The van der Waals surface area contributed by atoms with Crippen molar-refractivity contribution < 1.29 is 23.8 Å². The lowest BCUT2D eigenvalue weighted by molar-refractivity contribution is -0.125. The molecule has 0 saturated heterocycles. The SMILES string of the molecule is COc1cccc(CNC(=O)CCC(=O)N2C[C@H](C)Oc3ccc(C)cc32)c1OC. The first-order chi connectivity index (χ1) is 14.4. The molecule has 0 bridgehead atoms. The van der Waals surface area contributed by atoms with Crippen LogP contribution < -0.4 is 24.4 Å². The van der Waals surface area contributed by atoms with E-state index in [1.165, 1.54) is 0 Å². The fourth-order valence-electron chi connectivity index (χ4n) is 3.51. The van der Waals surface area contributed by atoms with Crippen LogP contribution in [0.2, 0.25) is 0 Å². The van der Waals surface area contributed by atoms with Crippen molar-refractivity contribution in [3.8, 4) is 17.2 Å². The third-order valence-electron chi connectivity index (χ3n) is 5.00. The summed E-state index contributed by atoms with van der Waals surface area (Å²) in [7, 11) is 3.13. The van der Waals surface area contributed by atoms with Gasteiger partial charge in [-0.3, -0.25) is 9.59 Å². The normalized spacial score (nSPS) is 15.1. The predicted octanol–water partition coefficient (Wildman–Crippen LogP) is 3.22. The molecule has 0 radical (unpaired) electrons. The highest BCUT2D eigenvalue weighted by molar-refractivity contribution is 5.97. The molecule has 1 heterocycles. The van der Waals surface area contributed by atoms with Crippen molar-refractivity contribution in [2.45, 2.75) is 39.3 Å².